The lowest BCUT2D eigenvalue weighted by Gasteiger charge is -2.08. The Morgan fingerprint density at radius 3 is 2.50 bits per heavy atom. The number of carbonyl (C=O) groups is 1. The second-order valence-electron chi connectivity index (χ2n) is 3.11. The van der Waals surface area contributed by atoms with Crippen LogP contribution in [0.15, 0.2) is 24.3 Å². The van der Waals surface area contributed by atoms with Gasteiger partial charge in [-0.2, -0.15) is 0 Å². The van der Waals surface area contributed by atoms with Crippen LogP contribution < -0.4 is 0 Å². The molecule has 0 saturated heterocycles. The monoisotopic (exact) mass is 264 g/mol. The number of benzene rings is 1. The van der Waals surface area contributed by atoms with Crippen molar-refractivity contribution >= 4 is 27.2 Å². The van der Waals surface area contributed by atoms with Gasteiger partial charge in [0.2, 0.25) is 0 Å². The predicted octanol–water partition coefficient (Wildman–Crippen LogP) is 2.01. The zero-order valence-electron chi connectivity index (χ0n) is 8.48. The summed E-state index contributed by atoms with van der Waals surface area (Å²) in [4.78, 5) is 11.6. The molecule has 0 aliphatic rings. The highest BCUT2D eigenvalue weighted by molar-refractivity contribution is 7.94. The molecule has 0 N–H and O–H groups in total. The minimum atomic E-state index is -3.71. The molecule has 1 aromatic carbocycles. The van der Waals surface area contributed by atoms with Crippen LogP contribution >= 0.6 is 11.6 Å². The van der Waals surface area contributed by atoms with Gasteiger partial charge in [0.15, 0.2) is 20.3 Å². The smallest absolute Gasteiger partial charge is 0.198 e. The van der Waals surface area contributed by atoms with E-state index in [1.54, 1.807) is 0 Å². The Labute approximate surface area is 98.1 Å². The average molecular weight is 265 g/mol. The Morgan fingerprint density at radius 2 is 2.00 bits per heavy atom. The maximum atomic E-state index is 13.2. The number of rotatable bonds is 4. The zero-order valence-corrected chi connectivity index (χ0v) is 10.1. The molecule has 6 heteroatoms. The summed E-state index contributed by atoms with van der Waals surface area (Å²) in [6.45, 7) is 1.37. The first-order valence-corrected chi connectivity index (χ1v) is 6.69. The van der Waals surface area contributed by atoms with Crippen LogP contribution in [0.5, 0.6) is 0 Å². The Hall–Kier alpha value is -0.940. The van der Waals surface area contributed by atoms with Crippen molar-refractivity contribution in [2.45, 2.75) is 11.6 Å². The number of ketones is 1. The van der Waals surface area contributed by atoms with Crippen LogP contribution in [0.25, 0.3) is 0 Å². The summed E-state index contributed by atoms with van der Waals surface area (Å²) in [5, 5.41) is 0. The molecule has 0 spiro atoms. The van der Waals surface area contributed by atoms with Crippen LogP contribution in [0.4, 0.5) is 4.39 Å². The van der Waals surface area contributed by atoms with Crippen molar-refractivity contribution in [3.05, 3.63) is 35.6 Å². The maximum absolute atomic E-state index is 13.2. The standard InChI is InChI=1S/C10H10ClFO3S/c1-2-16(14,15)10(11)9(13)7-5-3-4-6-8(7)12/h3-6,10H,2H2,1H3/t10-/m0/s1. The lowest BCUT2D eigenvalue weighted by molar-refractivity contribution is 0.100. The van der Waals surface area contributed by atoms with Crippen LogP contribution in [0, 0.1) is 5.82 Å². The normalized spacial score (nSPS) is 13.4. The molecule has 0 unspecified atom stereocenters. The molecule has 0 heterocycles. The van der Waals surface area contributed by atoms with Crippen LogP contribution in [-0.4, -0.2) is 24.7 Å². The molecule has 0 radical (unpaired) electrons. The summed E-state index contributed by atoms with van der Waals surface area (Å²) >= 11 is 5.53. The number of sulfone groups is 1. The molecule has 1 rings (SSSR count). The van der Waals surface area contributed by atoms with Crippen LogP contribution in [-0.2, 0) is 9.84 Å². The third kappa shape index (κ3) is 2.59. The highest BCUT2D eigenvalue weighted by Crippen LogP contribution is 2.17. The summed E-state index contributed by atoms with van der Waals surface area (Å²) in [6, 6.07) is 5.13. The van der Waals surface area contributed by atoms with E-state index in [0.29, 0.717) is 0 Å². The van der Waals surface area contributed by atoms with Gasteiger partial charge in [-0.25, -0.2) is 12.8 Å². The Bertz CT molecular complexity index is 499. The van der Waals surface area contributed by atoms with Crippen molar-refractivity contribution in [3.8, 4) is 0 Å². The van der Waals surface area contributed by atoms with Gasteiger partial charge >= 0.3 is 0 Å². The third-order valence-electron chi connectivity index (χ3n) is 2.06. The molecule has 0 saturated carbocycles. The lowest BCUT2D eigenvalue weighted by atomic mass is 10.1. The topological polar surface area (TPSA) is 51.2 Å². The number of Topliss-reactive ketones (excluding diaryl/α,β-unsaturated/α-hetero) is 1. The molecule has 0 fully saturated rings. The summed E-state index contributed by atoms with van der Waals surface area (Å²) in [7, 11) is -3.71. The summed E-state index contributed by atoms with van der Waals surface area (Å²) < 4.78 is 34.2. The Morgan fingerprint density at radius 1 is 1.44 bits per heavy atom. The number of hydrogen-bond donors (Lipinski definition) is 0. The maximum Gasteiger partial charge on any atom is 0.198 e. The van der Waals surface area contributed by atoms with Crippen LogP contribution in [0.3, 0.4) is 0 Å². The molecular formula is C10H10ClFO3S. The van der Waals surface area contributed by atoms with E-state index in [0.717, 1.165) is 6.07 Å². The minimum Gasteiger partial charge on any atom is -0.291 e. The van der Waals surface area contributed by atoms with Crippen molar-refractivity contribution in [1.82, 2.24) is 0 Å². The van der Waals surface area contributed by atoms with E-state index in [9.17, 15) is 17.6 Å². The van der Waals surface area contributed by atoms with Crippen LogP contribution in [0.1, 0.15) is 17.3 Å². The Balaban J connectivity index is 3.10. The van der Waals surface area contributed by atoms with Crippen molar-refractivity contribution in [1.29, 1.82) is 0 Å². The van der Waals surface area contributed by atoms with E-state index < -0.39 is 26.1 Å². The number of hydrogen-bond acceptors (Lipinski definition) is 3. The van der Waals surface area contributed by atoms with Gasteiger partial charge in [0.05, 0.1) is 5.56 Å². The number of carbonyl (C=O) groups excluding carboxylic acids is 1. The predicted molar refractivity (Wildman–Crippen MR) is 59.8 cm³/mol. The average Bonchev–Trinajstić information content (AvgIpc) is 2.27. The van der Waals surface area contributed by atoms with E-state index in [2.05, 4.69) is 0 Å². The fraction of sp³-hybridized carbons (Fsp3) is 0.300. The van der Waals surface area contributed by atoms with Crippen molar-refractivity contribution in [2.75, 3.05) is 5.75 Å². The molecule has 1 atom stereocenters. The summed E-state index contributed by atoms with van der Waals surface area (Å²) in [6.07, 6.45) is 0. The van der Waals surface area contributed by atoms with Crippen molar-refractivity contribution in [2.24, 2.45) is 0 Å². The number of halogens is 2. The molecular weight excluding hydrogens is 255 g/mol. The Kier molecular flexibility index (Phi) is 4.04. The van der Waals surface area contributed by atoms with Crippen LogP contribution in [0.2, 0.25) is 0 Å². The molecule has 0 bridgehead atoms. The fourth-order valence-corrected chi connectivity index (χ4v) is 2.33. The minimum absolute atomic E-state index is 0.263. The van der Waals surface area contributed by atoms with Gasteiger partial charge in [-0.1, -0.05) is 30.7 Å². The van der Waals surface area contributed by atoms with Gasteiger partial charge < -0.3 is 0 Å². The first-order chi connectivity index (χ1) is 7.40. The summed E-state index contributed by atoms with van der Waals surface area (Å²) in [5.74, 6) is -1.97. The van der Waals surface area contributed by atoms with Gasteiger partial charge in [0.1, 0.15) is 5.82 Å². The second kappa shape index (κ2) is 4.93. The van der Waals surface area contributed by atoms with Gasteiger partial charge in [0.25, 0.3) is 0 Å². The summed E-state index contributed by atoms with van der Waals surface area (Å²) in [5.41, 5.74) is -0.306. The first kappa shape index (κ1) is 13.1. The molecule has 0 aliphatic heterocycles. The van der Waals surface area contributed by atoms with E-state index in [1.807, 2.05) is 0 Å². The fourth-order valence-electron chi connectivity index (χ4n) is 1.09. The molecule has 0 aromatic heterocycles. The van der Waals surface area contributed by atoms with Gasteiger partial charge in [-0.05, 0) is 12.1 Å². The largest absolute Gasteiger partial charge is 0.291 e. The van der Waals surface area contributed by atoms with Crippen molar-refractivity contribution in [3.63, 3.8) is 0 Å². The highest BCUT2D eigenvalue weighted by Gasteiger charge is 2.30. The zero-order chi connectivity index (χ0) is 12.3. The molecule has 0 aliphatic carbocycles. The SMILES string of the molecule is CCS(=O)(=O)[C@H](Cl)C(=O)c1ccccc1F. The second-order valence-corrected chi connectivity index (χ2v) is 6.18. The van der Waals surface area contributed by atoms with Gasteiger partial charge in [0, 0.05) is 5.75 Å². The highest BCUT2D eigenvalue weighted by atomic mass is 35.5. The molecule has 88 valence electrons. The quantitative estimate of drug-likeness (QED) is 0.617. The molecule has 1 aromatic rings. The van der Waals surface area contributed by atoms with E-state index in [4.69, 9.17) is 11.6 Å². The molecule has 0 amide bonds. The van der Waals surface area contributed by atoms with Crippen molar-refractivity contribution < 1.29 is 17.6 Å². The van der Waals surface area contributed by atoms with Gasteiger partial charge in [-0.15, -0.1) is 0 Å². The first-order valence-electron chi connectivity index (χ1n) is 4.54. The van der Waals surface area contributed by atoms with Gasteiger partial charge in [-0.3, -0.25) is 4.79 Å². The third-order valence-corrected chi connectivity index (χ3v) is 4.73. The lowest BCUT2D eigenvalue weighted by Crippen LogP contribution is -2.27. The van der Waals surface area contributed by atoms with E-state index >= 15 is 0 Å². The van der Waals surface area contributed by atoms with E-state index in [1.165, 1.54) is 25.1 Å². The molecule has 3 nitrogen and oxygen atoms in total. The molecule has 16 heavy (non-hydrogen) atoms. The van der Waals surface area contributed by atoms with E-state index in [-0.39, 0.29) is 11.3 Å². The number of alkyl halides is 1.